The molecule has 1 fully saturated rings. The molecule has 6 heteroatoms. The van der Waals surface area contributed by atoms with Gasteiger partial charge in [0.1, 0.15) is 6.04 Å². The number of hydrogen-bond acceptors (Lipinski definition) is 4. The Morgan fingerprint density at radius 3 is 2.29 bits per heavy atom. The van der Waals surface area contributed by atoms with Crippen LogP contribution in [-0.4, -0.2) is 36.5 Å². The summed E-state index contributed by atoms with van der Waals surface area (Å²) in [5, 5.41) is 5.72. The van der Waals surface area contributed by atoms with Crippen LogP contribution in [-0.2, 0) is 20.7 Å². The van der Waals surface area contributed by atoms with Crippen molar-refractivity contribution in [3.63, 3.8) is 0 Å². The second kappa shape index (κ2) is 11.3. The van der Waals surface area contributed by atoms with Crippen molar-refractivity contribution in [2.75, 3.05) is 6.61 Å². The number of ether oxygens (including phenoxy) is 1. The Balaban J connectivity index is 1.59. The van der Waals surface area contributed by atoms with Gasteiger partial charge >= 0.3 is 5.97 Å². The molecule has 1 aliphatic rings. The van der Waals surface area contributed by atoms with Crippen LogP contribution in [0.15, 0.2) is 60.7 Å². The monoisotopic (exact) mass is 422 g/mol. The van der Waals surface area contributed by atoms with Crippen LogP contribution in [0.25, 0.3) is 0 Å². The molecule has 164 valence electrons. The number of carbonyl (C=O) groups excluding carboxylic acids is 3. The van der Waals surface area contributed by atoms with Gasteiger partial charge in [-0.2, -0.15) is 0 Å². The predicted octanol–water partition coefficient (Wildman–Crippen LogP) is 3.27. The fraction of sp³-hybridized carbons (Fsp3) is 0.400. The lowest BCUT2D eigenvalue weighted by Gasteiger charge is -2.29. The second-order valence-corrected chi connectivity index (χ2v) is 8.13. The Bertz CT molecular complexity index is 870. The average molecular weight is 423 g/mol. The molecule has 0 unspecified atom stereocenters. The highest BCUT2D eigenvalue weighted by Crippen LogP contribution is 2.23. The highest BCUT2D eigenvalue weighted by Gasteiger charge is 2.26. The maximum Gasteiger partial charge on any atom is 0.329 e. The van der Waals surface area contributed by atoms with Gasteiger partial charge < -0.3 is 15.4 Å². The summed E-state index contributed by atoms with van der Waals surface area (Å²) in [6, 6.07) is 17.3. The van der Waals surface area contributed by atoms with Gasteiger partial charge in [0, 0.05) is 18.0 Å². The van der Waals surface area contributed by atoms with Crippen molar-refractivity contribution in [3.8, 4) is 0 Å². The van der Waals surface area contributed by atoms with Crippen molar-refractivity contribution < 1.29 is 19.1 Å². The first kappa shape index (κ1) is 22.5. The normalized spacial score (nSPS) is 19.1. The minimum atomic E-state index is -0.892. The summed E-state index contributed by atoms with van der Waals surface area (Å²) in [4.78, 5) is 37.7. The van der Waals surface area contributed by atoms with Gasteiger partial charge in [-0.15, -0.1) is 0 Å². The van der Waals surface area contributed by atoms with Crippen LogP contribution in [0.5, 0.6) is 0 Å². The van der Waals surface area contributed by atoms with Crippen LogP contribution >= 0.6 is 0 Å². The van der Waals surface area contributed by atoms with E-state index in [4.69, 9.17) is 4.74 Å². The van der Waals surface area contributed by atoms with Crippen molar-refractivity contribution in [3.05, 3.63) is 71.8 Å². The smallest absolute Gasteiger partial charge is 0.329 e. The molecule has 6 nitrogen and oxygen atoms in total. The molecule has 3 rings (SSSR count). The molecule has 1 saturated carbocycles. The lowest BCUT2D eigenvalue weighted by Crippen LogP contribution is -2.46. The van der Waals surface area contributed by atoms with E-state index in [1.807, 2.05) is 36.4 Å². The van der Waals surface area contributed by atoms with E-state index in [1.165, 1.54) is 6.42 Å². The fourth-order valence-corrected chi connectivity index (χ4v) is 3.89. The Morgan fingerprint density at radius 1 is 0.968 bits per heavy atom. The Hall–Kier alpha value is -3.15. The maximum atomic E-state index is 12.8. The second-order valence-electron chi connectivity index (χ2n) is 8.13. The molecule has 0 aromatic heterocycles. The van der Waals surface area contributed by atoms with Gasteiger partial charge in [-0.05, 0) is 36.5 Å². The summed E-state index contributed by atoms with van der Waals surface area (Å²) in [6.45, 7) is 1.78. The van der Waals surface area contributed by atoms with Crippen molar-refractivity contribution in [1.29, 1.82) is 0 Å². The lowest BCUT2D eigenvalue weighted by atomic mass is 9.86. The van der Waals surface area contributed by atoms with Gasteiger partial charge in [0.2, 0.25) is 0 Å². The molecule has 0 aliphatic heterocycles. The van der Waals surface area contributed by atoms with Crippen LogP contribution < -0.4 is 10.6 Å². The standard InChI is InChI=1S/C25H30N2O4/c1-18-10-8-9-15-21(18)26-23(28)17-31-25(30)22(16-19-11-4-2-5-12-19)27-24(29)20-13-6-3-7-14-20/h2-7,11-14,18,21-22H,8-10,15-17H2,1H3,(H,26,28)(H,27,29)/t18-,21-,22-/m1/s1. The summed E-state index contributed by atoms with van der Waals surface area (Å²) in [5.41, 5.74) is 1.34. The van der Waals surface area contributed by atoms with Crippen LogP contribution in [0.3, 0.4) is 0 Å². The third kappa shape index (κ3) is 6.95. The van der Waals surface area contributed by atoms with Crippen LogP contribution in [0, 0.1) is 5.92 Å². The van der Waals surface area contributed by atoms with E-state index in [2.05, 4.69) is 17.6 Å². The quantitative estimate of drug-likeness (QED) is 0.640. The predicted molar refractivity (Wildman–Crippen MR) is 118 cm³/mol. The first-order chi connectivity index (χ1) is 15.0. The van der Waals surface area contributed by atoms with Crippen molar-refractivity contribution in [2.45, 2.75) is 51.1 Å². The van der Waals surface area contributed by atoms with E-state index >= 15 is 0 Å². The third-order valence-corrected chi connectivity index (χ3v) is 5.71. The summed E-state index contributed by atoms with van der Waals surface area (Å²) in [5.74, 6) is -0.872. The highest BCUT2D eigenvalue weighted by atomic mass is 16.5. The lowest BCUT2D eigenvalue weighted by molar-refractivity contribution is -0.150. The van der Waals surface area contributed by atoms with Crippen molar-refractivity contribution in [1.82, 2.24) is 10.6 Å². The van der Waals surface area contributed by atoms with Gasteiger partial charge in [-0.3, -0.25) is 9.59 Å². The summed E-state index contributed by atoms with van der Waals surface area (Å²) >= 11 is 0. The molecule has 2 aromatic carbocycles. The molecular formula is C25H30N2O4. The number of benzene rings is 2. The molecule has 2 N–H and O–H groups in total. The summed E-state index contributed by atoms with van der Waals surface area (Å²) in [6.07, 6.45) is 4.60. The van der Waals surface area contributed by atoms with Crippen molar-refractivity contribution in [2.24, 2.45) is 5.92 Å². The van der Waals surface area contributed by atoms with Crippen LogP contribution in [0.4, 0.5) is 0 Å². The van der Waals surface area contributed by atoms with E-state index in [-0.39, 0.29) is 30.9 Å². The maximum absolute atomic E-state index is 12.8. The molecule has 0 spiro atoms. The van der Waals surface area contributed by atoms with Gasteiger partial charge in [0.05, 0.1) is 0 Å². The van der Waals surface area contributed by atoms with Gasteiger partial charge in [-0.25, -0.2) is 4.79 Å². The number of nitrogens with one attached hydrogen (secondary N) is 2. The molecule has 31 heavy (non-hydrogen) atoms. The van der Waals surface area contributed by atoms with E-state index in [1.54, 1.807) is 24.3 Å². The molecule has 2 amide bonds. The van der Waals surface area contributed by atoms with E-state index in [0.29, 0.717) is 11.5 Å². The van der Waals surface area contributed by atoms with E-state index in [0.717, 1.165) is 24.8 Å². The minimum Gasteiger partial charge on any atom is -0.454 e. The number of hydrogen-bond donors (Lipinski definition) is 2. The molecule has 0 radical (unpaired) electrons. The Kier molecular flexibility index (Phi) is 8.21. The largest absolute Gasteiger partial charge is 0.454 e. The van der Waals surface area contributed by atoms with Gasteiger partial charge in [0.25, 0.3) is 11.8 Å². The van der Waals surface area contributed by atoms with Crippen LogP contribution in [0.2, 0.25) is 0 Å². The summed E-state index contributed by atoms with van der Waals surface area (Å²) in [7, 11) is 0. The molecule has 3 atom stereocenters. The zero-order valence-corrected chi connectivity index (χ0v) is 17.9. The van der Waals surface area contributed by atoms with E-state index in [9.17, 15) is 14.4 Å². The highest BCUT2D eigenvalue weighted by molar-refractivity contribution is 5.97. The van der Waals surface area contributed by atoms with Gasteiger partial charge in [-0.1, -0.05) is 68.3 Å². The molecule has 2 aromatic rings. The zero-order valence-electron chi connectivity index (χ0n) is 17.9. The first-order valence-corrected chi connectivity index (χ1v) is 10.9. The molecule has 0 bridgehead atoms. The molecule has 0 saturated heterocycles. The SMILES string of the molecule is C[C@@H]1CCCC[C@H]1NC(=O)COC(=O)[C@@H](Cc1ccccc1)NC(=O)c1ccccc1. The van der Waals surface area contributed by atoms with E-state index < -0.39 is 12.0 Å². The number of amides is 2. The Labute approximate surface area is 183 Å². The zero-order chi connectivity index (χ0) is 22.1. The first-order valence-electron chi connectivity index (χ1n) is 10.9. The number of carbonyl (C=O) groups is 3. The number of esters is 1. The molecular weight excluding hydrogens is 392 g/mol. The fourth-order valence-electron chi connectivity index (χ4n) is 3.89. The third-order valence-electron chi connectivity index (χ3n) is 5.71. The molecule has 0 heterocycles. The van der Waals surface area contributed by atoms with Gasteiger partial charge in [0.15, 0.2) is 6.61 Å². The minimum absolute atomic E-state index is 0.123. The summed E-state index contributed by atoms with van der Waals surface area (Å²) < 4.78 is 5.29. The van der Waals surface area contributed by atoms with Crippen LogP contribution in [0.1, 0.15) is 48.5 Å². The topological polar surface area (TPSA) is 84.5 Å². The average Bonchev–Trinajstić information content (AvgIpc) is 2.80. The molecule has 1 aliphatic carbocycles. The number of rotatable bonds is 8. The van der Waals surface area contributed by atoms with Crippen molar-refractivity contribution >= 4 is 17.8 Å². The Morgan fingerprint density at radius 2 is 1.61 bits per heavy atom.